The molecule has 0 aliphatic carbocycles. The number of hydrogen-bond acceptors (Lipinski definition) is 3. The van der Waals surface area contributed by atoms with Gasteiger partial charge in [-0.2, -0.15) is 0 Å². The lowest BCUT2D eigenvalue weighted by molar-refractivity contribution is 0.481. The number of rotatable bonds is 3. The van der Waals surface area contributed by atoms with Gasteiger partial charge in [0.2, 0.25) is 0 Å². The second-order valence-electron chi connectivity index (χ2n) is 4.69. The summed E-state index contributed by atoms with van der Waals surface area (Å²) >= 11 is 0. The smallest absolute Gasteiger partial charge is 0.138 e. The molecule has 0 radical (unpaired) electrons. The molecule has 0 saturated carbocycles. The quantitative estimate of drug-likeness (QED) is 0.782. The molecule has 1 aromatic heterocycles. The van der Waals surface area contributed by atoms with Crippen molar-refractivity contribution >= 4 is 10.9 Å². The first kappa shape index (κ1) is 12.6. The number of para-hydroxylation sites is 2. The summed E-state index contributed by atoms with van der Waals surface area (Å²) < 4.78 is 6.07. The van der Waals surface area contributed by atoms with Gasteiger partial charge >= 0.3 is 0 Å². The molecule has 0 aliphatic heterocycles. The molecule has 0 aliphatic rings. The molecule has 0 saturated heterocycles. The van der Waals surface area contributed by atoms with Gasteiger partial charge in [0.05, 0.1) is 5.52 Å². The molecule has 20 heavy (non-hydrogen) atoms. The van der Waals surface area contributed by atoms with Crippen LogP contribution in [0.3, 0.4) is 0 Å². The van der Waals surface area contributed by atoms with Gasteiger partial charge in [-0.25, -0.2) is 0 Å². The van der Waals surface area contributed by atoms with E-state index in [1.807, 2.05) is 61.5 Å². The molecule has 1 heterocycles. The van der Waals surface area contributed by atoms with E-state index in [9.17, 15) is 0 Å². The summed E-state index contributed by atoms with van der Waals surface area (Å²) in [5, 5.41) is 1.00. The summed E-state index contributed by atoms with van der Waals surface area (Å²) in [4.78, 5) is 4.52. The molecule has 3 heteroatoms. The summed E-state index contributed by atoms with van der Waals surface area (Å²) in [5.41, 5.74) is 8.62. The first-order valence-electron chi connectivity index (χ1n) is 6.60. The molecule has 2 N–H and O–H groups in total. The summed E-state index contributed by atoms with van der Waals surface area (Å²) in [5.74, 6) is 1.61. The highest BCUT2D eigenvalue weighted by Crippen LogP contribution is 2.31. The van der Waals surface area contributed by atoms with Crippen molar-refractivity contribution in [3.63, 3.8) is 0 Å². The average molecular weight is 264 g/mol. The Balaban J connectivity index is 2.10. The number of nitrogens with zero attached hydrogens (tertiary/aromatic N) is 1. The number of aromatic nitrogens is 1. The van der Waals surface area contributed by atoms with E-state index in [0.717, 1.165) is 33.7 Å². The molecule has 0 fully saturated rings. The predicted molar refractivity (Wildman–Crippen MR) is 80.9 cm³/mol. The van der Waals surface area contributed by atoms with Crippen LogP contribution < -0.4 is 10.5 Å². The van der Waals surface area contributed by atoms with E-state index in [-0.39, 0.29) is 0 Å². The molecule has 0 bridgehead atoms. The highest BCUT2D eigenvalue weighted by Gasteiger charge is 2.08. The number of ether oxygens (including phenoxy) is 1. The topological polar surface area (TPSA) is 48.1 Å². The number of pyridine rings is 1. The van der Waals surface area contributed by atoms with E-state index < -0.39 is 0 Å². The minimum atomic E-state index is 0.457. The van der Waals surface area contributed by atoms with Crippen LogP contribution in [0.15, 0.2) is 54.6 Å². The Morgan fingerprint density at radius 3 is 2.60 bits per heavy atom. The number of fused-ring (bicyclic) bond motifs is 1. The van der Waals surface area contributed by atoms with Crippen molar-refractivity contribution in [2.45, 2.75) is 13.5 Å². The molecule has 2 aromatic carbocycles. The van der Waals surface area contributed by atoms with Gasteiger partial charge in [-0.1, -0.05) is 30.3 Å². The maximum absolute atomic E-state index is 6.07. The van der Waals surface area contributed by atoms with E-state index >= 15 is 0 Å². The van der Waals surface area contributed by atoms with Crippen LogP contribution in [-0.4, -0.2) is 4.98 Å². The van der Waals surface area contributed by atoms with E-state index in [1.165, 1.54) is 0 Å². The molecule has 3 nitrogen and oxygen atoms in total. The van der Waals surface area contributed by atoms with Gasteiger partial charge in [0, 0.05) is 29.3 Å². The Bertz CT molecular complexity index is 753. The minimum Gasteiger partial charge on any atom is -0.456 e. The number of benzene rings is 2. The largest absolute Gasteiger partial charge is 0.456 e. The van der Waals surface area contributed by atoms with E-state index in [1.54, 1.807) is 0 Å². The number of aryl methyl sites for hydroxylation is 1. The molecule has 0 spiro atoms. The van der Waals surface area contributed by atoms with Crippen LogP contribution in [0.1, 0.15) is 11.3 Å². The Kier molecular flexibility index (Phi) is 3.35. The van der Waals surface area contributed by atoms with Crippen molar-refractivity contribution in [2.75, 3.05) is 0 Å². The van der Waals surface area contributed by atoms with Crippen molar-refractivity contribution < 1.29 is 4.74 Å². The highest BCUT2D eigenvalue weighted by atomic mass is 16.5. The van der Waals surface area contributed by atoms with Crippen LogP contribution in [0.25, 0.3) is 10.9 Å². The molecule has 3 aromatic rings. The summed E-state index contributed by atoms with van der Waals surface area (Å²) in [6.07, 6.45) is 0. The normalized spacial score (nSPS) is 10.7. The molecule has 0 amide bonds. The SMILES string of the molecule is Cc1cc(Oc2ccccc2CN)c2ccccc2n1. The van der Waals surface area contributed by atoms with Crippen LogP contribution in [0.4, 0.5) is 0 Å². The van der Waals surface area contributed by atoms with E-state index in [0.29, 0.717) is 6.54 Å². The van der Waals surface area contributed by atoms with Crippen molar-refractivity contribution in [1.29, 1.82) is 0 Å². The van der Waals surface area contributed by atoms with Crippen LogP contribution in [0.2, 0.25) is 0 Å². The summed E-state index contributed by atoms with van der Waals surface area (Å²) in [7, 11) is 0. The van der Waals surface area contributed by atoms with Gasteiger partial charge in [0.15, 0.2) is 0 Å². The Hall–Kier alpha value is -2.39. The molecular weight excluding hydrogens is 248 g/mol. The second kappa shape index (κ2) is 5.31. The monoisotopic (exact) mass is 264 g/mol. The molecular formula is C17H16N2O. The average Bonchev–Trinajstić information content (AvgIpc) is 2.47. The van der Waals surface area contributed by atoms with Crippen LogP contribution >= 0.6 is 0 Å². The third kappa shape index (κ3) is 2.36. The minimum absolute atomic E-state index is 0.457. The molecule has 0 unspecified atom stereocenters. The maximum atomic E-state index is 6.07. The van der Waals surface area contributed by atoms with Crippen LogP contribution in [0, 0.1) is 6.92 Å². The Labute approximate surface area is 118 Å². The third-order valence-electron chi connectivity index (χ3n) is 3.22. The first-order valence-corrected chi connectivity index (χ1v) is 6.60. The van der Waals surface area contributed by atoms with Crippen molar-refractivity contribution in [1.82, 2.24) is 4.98 Å². The third-order valence-corrected chi connectivity index (χ3v) is 3.22. The van der Waals surface area contributed by atoms with E-state index in [4.69, 9.17) is 10.5 Å². The summed E-state index contributed by atoms with van der Waals surface area (Å²) in [6.45, 7) is 2.42. The van der Waals surface area contributed by atoms with Gasteiger partial charge in [-0.3, -0.25) is 4.98 Å². The predicted octanol–water partition coefficient (Wildman–Crippen LogP) is 3.79. The fourth-order valence-electron chi connectivity index (χ4n) is 2.24. The molecule has 100 valence electrons. The zero-order valence-electron chi connectivity index (χ0n) is 11.3. The standard InChI is InChI=1S/C17H16N2O/c1-12-10-17(14-7-3-4-8-15(14)19-12)20-16-9-5-2-6-13(16)11-18/h2-10H,11,18H2,1H3. The second-order valence-corrected chi connectivity index (χ2v) is 4.69. The zero-order valence-corrected chi connectivity index (χ0v) is 11.3. The van der Waals surface area contributed by atoms with Gasteiger partial charge in [-0.15, -0.1) is 0 Å². The van der Waals surface area contributed by atoms with Crippen LogP contribution in [0.5, 0.6) is 11.5 Å². The molecule has 0 atom stereocenters. The van der Waals surface area contributed by atoms with Crippen LogP contribution in [-0.2, 0) is 6.54 Å². The van der Waals surface area contributed by atoms with E-state index in [2.05, 4.69) is 4.98 Å². The molecule has 3 rings (SSSR count). The van der Waals surface area contributed by atoms with Crippen molar-refractivity contribution in [2.24, 2.45) is 5.73 Å². The lowest BCUT2D eigenvalue weighted by Crippen LogP contribution is -1.99. The fourth-order valence-corrected chi connectivity index (χ4v) is 2.24. The van der Waals surface area contributed by atoms with Gasteiger partial charge in [0.25, 0.3) is 0 Å². The van der Waals surface area contributed by atoms with Gasteiger partial charge in [0.1, 0.15) is 11.5 Å². The highest BCUT2D eigenvalue weighted by molar-refractivity contribution is 5.85. The fraction of sp³-hybridized carbons (Fsp3) is 0.118. The number of hydrogen-bond donors (Lipinski definition) is 1. The van der Waals surface area contributed by atoms with Crippen molar-refractivity contribution in [3.05, 3.63) is 65.9 Å². The van der Waals surface area contributed by atoms with Gasteiger partial charge in [-0.05, 0) is 25.1 Å². The number of nitrogens with two attached hydrogens (primary N) is 1. The first-order chi connectivity index (χ1) is 9.78. The lowest BCUT2D eigenvalue weighted by atomic mass is 10.1. The summed E-state index contributed by atoms with van der Waals surface area (Å²) in [6, 6.07) is 17.8. The van der Waals surface area contributed by atoms with Crippen molar-refractivity contribution in [3.8, 4) is 11.5 Å². The Morgan fingerprint density at radius 2 is 1.75 bits per heavy atom. The maximum Gasteiger partial charge on any atom is 0.138 e. The van der Waals surface area contributed by atoms with Gasteiger partial charge < -0.3 is 10.5 Å². The zero-order chi connectivity index (χ0) is 13.9. The Morgan fingerprint density at radius 1 is 1.00 bits per heavy atom. The lowest BCUT2D eigenvalue weighted by Gasteiger charge is -2.12.